The first-order chi connectivity index (χ1) is 12.3. The van der Waals surface area contributed by atoms with Gasteiger partial charge in [0.15, 0.2) is 0 Å². The lowest BCUT2D eigenvalue weighted by Gasteiger charge is -2.23. The predicted molar refractivity (Wildman–Crippen MR) is 117 cm³/mol. The summed E-state index contributed by atoms with van der Waals surface area (Å²) >= 11 is 0. The molecule has 0 aromatic rings. The molecule has 0 rings (SSSR count). The van der Waals surface area contributed by atoms with Gasteiger partial charge < -0.3 is 0 Å². The number of hydrogen-bond acceptors (Lipinski definition) is 0. The molecular weight excluding hydrogens is 300 g/mol. The van der Waals surface area contributed by atoms with Crippen molar-refractivity contribution in [1.29, 1.82) is 0 Å². The van der Waals surface area contributed by atoms with Gasteiger partial charge in [-0.25, -0.2) is 0 Å². The molecule has 0 saturated heterocycles. The van der Waals surface area contributed by atoms with Gasteiger partial charge in [0.05, 0.1) is 0 Å². The molecule has 0 bridgehead atoms. The van der Waals surface area contributed by atoms with E-state index in [4.69, 9.17) is 0 Å². The Morgan fingerprint density at radius 2 is 0.760 bits per heavy atom. The van der Waals surface area contributed by atoms with Gasteiger partial charge in [0.2, 0.25) is 0 Å². The molecule has 0 aromatic heterocycles. The normalized spacial score (nSPS) is 13.9. The minimum Gasteiger partial charge on any atom is -0.0654 e. The van der Waals surface area contributed by atoms with Crippen molar-refractivity contribution in [2.24, 2.45) is 11.8 Å². The first kappa shape index (κ1) is 25.0. The van der Waals surface area contributed by atoms with Gasteiger partial charge in [0.1, 0.15) is 0 Å². The van der Waals surface area contributed by atoms with Crippen LogP contribution in [0, 0.1) is 18.3 Å². The average Bonchev–Trinajstić information content (AvgIpc) is 2.61. The first-order valence-corrected chi connectivity index (χ1v) is 12.1. The van der Waals surface area contributed by atoms with Crippen LogP contribution in [0.25, 0.3) is 0 Å². The Kier molecular flexibility index (Phi) is 20.3. The SMILES string of the molecule is CCCCCCCCC([CH]C(CCCCC)CCCCCC)CCC. The molecule has 0 aliphatic carbocycles. The first-order valence-electron chi connectivity index (χ1n) is 12.1. The van der Waals surface area contributed by atoms with E-state index in [1.807, 2.05) is 0 Å². The largest absolute Gasteiger partial charge is 0.0654 e. The zero-order valence-electron chi connectivity index (χ0n) is 18.5. The number of rotatable bonds is 20. The molecule has 0 heterocycles. The van der Waals surface area contributed by atoms with E-state index in [1.54, 1.807) is 0 Å². The highest BCUT2D eigenvalue weighted by atomic mass is 14.2. The Labute approximate surface area is 161 Å². The van der Waals surface area contributed by atoms with E-state index in [9.17, 15) is 0 Å². The predicted octanol–water partition coefficient (Wildman–Crippen LogP) is 9.52. The summed E-state index contributed by atoms with van der Waals surface area (Å²) in [6.07, 6.45) is 28.5. The fourth-order valence-electron chi connectivity index (χ4n) is 4.11. The Hall–Kier alpha value is 0. The van der Waals surface area contributed by atoms with Gasteiger partial charge in [-0.3, -0.25) is 0 Å². The molecule has 151 valence electrons. The van der Waals surface area contributed by atoms with Crippen LogP contribution in [0.5, 0.6) is 0 Å². The van der Waals surface area contributed by atoms with E-state index in [-0.39, 0.29) is 0 Å². The van der Waals surface area contributed by atoms with Crippen LogP contribution in [0.4, 0.5) is 0 Å². The summed E-state index contributed by atoms with van der Waals surface area (Å²) in [5.74, 6) is 1.80. The van der Waals surface area contributed by atoms with Gasteiger partial charge in [-0.15, -0.1) is 0 Å². The van der Waals surface area contributed by atoms with Crippen LogP contribution in [0.15, 0.2) is 0 Å². The summed E-state index contributed by atoms with van der Waals surface area (Å²) in [5, 5.41) is 0. The molecule has 0 saturated carbocycles. The fraction of sp³-hybridized carbons (Fsp3) is 0.960. The molecule has 0 aliphatic heterocycles. The Balaban J connectivity index is 4.16. The molecule has 0 aromatic carbocycles. The Bertz CT molecular complexity index is 232. The van der Waals surface area contributed by atoms with Crippen LogP contribution in [-0.4, -0.2) is 0 Å². The van der Waals surface area contributed by atoms with E-state index in [0.717, 1.165) is 11.8 Å². The minimum atomic E-state index is 0.897. The Morgan fingerprint density at radius 1 is 0.400 bits per heavy atom. The van der Waals surface area contributed by atoms with Crippen molar-refractivity contribution in [3.05, 3.63) is 6.42 Å². The second kappa shape index (κ2) is 20.3. The molecule has 2 atom stereocenters. The molecular formula is C25H51. The van der Waals surface area contributed by atoms with Crippen molar-refractivity contribution in [3.63, 3.8) is 0 Å². The quantitative estimate of drug-likeness (QED) is 0.191. The number of unbranched alkanes of at least 4 members (excludes halogenated alkanes) is 10. The van der Waals surface area contributed by atoms with Crippen LogP contribution in [0.1, 0.15) is 143 Å². The maximum Gasteiger partial charge on any atom is -0.0324 e. The van der Waals surface area contributed by atoms with Crippen molar-refractivity contribution < 1.29 is 0 Å². The molecule has 0 fully saturated rings. The van der Waals surface area contributed by atoms with Gasteiger partial charge >= 0.3 is 0 Å². The highest BCUT2D eigenvalue weighted by molar-refractivity contribution is 4.84. The molecule has 2 unspecified atom stereocenters. The zero-order valence-corrected chi connectivity index (χ0v) is 18.5. The van der Waals surface area contributed by atoms with Crippen molar-refractivity contribution >= 4 is 0 Å². The molecule has 25 heavy (non-hydrogen) atoms. The van der Waals surface area contributed by atoms with Crippen molar-refractivity contribution in [2.75, 3.05) is 0 Å². The Morgan fingerprint density at radius 3 is 1.28 bits per heavy atom. The summed E-state index contributed by atoms with van der Waals surface area (Å²) in [4.78, 5) is 0. The van der Waals surface area contributed by atoms with Gasteiger partial charge in [-0.2, -0.15) is 0 Å². The topological polar surface area (TPSA) is 0 Å². The summed E-state index contributed by atoms with van der Waals surface area (Å²) < 4.78 is 0. The summed E-state index contributed by atoms with van der Waals surface area (Å²) in [6.45, 7) is 9.34. The molecule has 0 spiro atoms. The molecule has 0 nitrogen and oxygen atoms in total. The monoisotopic (exact) mass is 351 g/mol. The maximum absolute atomic E-state index is 2.82. The van der Waals surface area contributed by atoms with Gasteiger partial charge in [-0.1, -0.05) is 143 Å². The van der Waals surface area contributed by atoms with Crippen molar-refractivity contribution in [1.82, 2.24) is 0 Å². The third-order valence-corrected chi connectivity index (χ3v) is 5.74. The third kappa shape index (κ3) is 17.2. The summed E-state index contributed by atoms with van der Waals surface area (Å²) in [7, 11) is 0. The van der Waals surface area contributed by atoms with E-state index in [0.29, 0.717) is 0 Å². The van der Waals surface area contributed by atoms with Gasteiger partial charge in [0, 0.05) is 0 Å². The van der Waals surface area contributed by atoms with Gasteiger partial charge in [0.25, 0.3) is 0 Å². The van der Waals surface area contributed by atoms with Crippen LogP contribution >= 0.6 is 0 Å². The summed E-state index contributed by atoms with van der Waals surface area (Å²) in [6, 6.07) is 0. The number of hydrogen-bond donors (Lipinski definition) is 0. The standard InChI is InChI=1S/C25H51/c1-5-9-12-14-15-18-21-24(19-8-4)23-25(20-16-11-7-3)22-17-13-10-6-2/h23-25H,5-22H2,1-4H3. The van der Waals surface area contributed by atoms with Crippen molar-refractivity contribution in [3.8, 4) is 0 Å². The van der Waals surface area contributed by atoms with Crippen LogP contribution in [-0.2, 0) is 0 Å². The maximum atomic E-state index is 2.82. The van der Waals surface area contributed by atoms with Crippen LogP contribution in [0.3, 0.4) is 0 Å². The minimum absolute atomic E-state index is 0.897. The molecule has 0 amide bonds. The van der Waals surface area contributed by atoms with Crippen LogP contribution in [0.2, 0.25) is 0 Å². The third-order valence-electron chi connectivity index (χ3n) is 5.74. The second-order valence-corrected chi connectivity index (χ2v) is 8.40. The smallest absolute Gasteiger partial charge is 0.0324 e. The van der Waals surface area contributed by atoms with Crippen LogP contribution < -0.4 is 0 Å². The average molecular weight is 352 g/mol. The van der Waals surface area contributed by atoms with E-state index >= 15 is 0 Å². The van der Waals surface area contributed by atoms with E-state index in [1.165, 1.54) is 116 Å². The lowest BCUT2D eigenvalue weighted by Crippen LogP contribution is -2.11. The lowest BCUT2D eigenvalue weighted by molar-refractivity contribution is 0.373. The molecule has 0 N–H and O–H groups in total. The van der Waals surface area contributed by atoms with E-state index in [2.05, 4.69) is 34.1 Å². The second-order valence-electron chi connectivity index (χ2n) is 8.40. The van der Waals surface area contributed by atoms with E-state index < -0.39 is 0 Å². The highest BCUT2D eigenvalue weighted by Crippen LogP contribution is 2.29. The summed E-state index contributed by atoms with van der Waals surface area (Å²) in [5.41, 5.74) is 0. The lowest BCUT2D eigenvalue weighted by atomic mass is 9.82. The zero-order chi connectivity index (χ0) is 18.6. The molecule has 0 aliphatic rings. The molecule has 1 radical (unpaired) electrons. The fourth-order valence-corrected chi connectivity index (χ4v) is 4.11. The van der Waals surface area contributed by atoms with Crippen molar-refractivity contribution in [2.45, 2.75) is 143 Å². The highest BCUT2D eigenvalue weighted by Gasteiger charge is 2.16. The van der Waals surface area contributed by atoms with Gasteiger partial charge in [-0.05, 0) is 18.3 Å². The molecule has 0 heteroatoms.